The largest absolute Gasteiger partial charge is 0.484 e. The summed E-state index contributed by atoms with van der Waals surface area (Å²) in [4.78, 5) is 40.0. The zero-order valence-corrected chi connectivity index (χ0v) is 14.2. The molecule has 0 radical (unpaired) electrons. The summed E-state index contributed by atoms with van der Waals surface area (Å²) in [6, 6.07) is 9.05. The Balaban J connectivity index is 1.91. The van der Waals surface area contributed by atoms with Gasteiger partial charge in [0, 0.05) is 5.54 Å². The molecule has 1 amide bonds. The lowest BCUT2D eigenvalue weighted by atomic mass is 10.1. The lowest BCUT2D eigenvalue weighted by Crippen LogP contribution is -2.49. The Morgan fingerprint density at radius 2 is 1.96 bits per heavy atom. The third kappa shape index (κ3) is 3.52. The van der Waals surface area contributed by atoms with Crippen molar-refractivity contribution in [2.24, 2.45) is 0 Å². The normalized spacial score (nSPS) is 11.5. The van der Waals surface area contributed by atoms with Crippen LogP contribution in [0.2, 0.25) is 0 Å². The number of nitrogens with zero attached hydrogens (tertiary/aromatic N) is 3. The van der Waals surface area contributed by atoms with Gasteiger partial charge >= 0.3 is 0 Å². The number of amides is 1. The lowest BCUT2D eigenvalue weighted by molar-refractivity contribution is -0.121. The Morgan fingerprint density at radius 1 is 1.24 bits per heavy atom. The number of hydrogen-bond donors (Lipinski definition) is 2. The summed E-state index contributed by atoms with van der Waals surface area (Å²) in [5.74, 6) is 0.405. The number of benzene rings is 1. The molecule has 0 saturated heterocycles. The molecule has 0 aliphatic rings. The highest BCUT2D eigenvalue weighted by Gasteiger charge is 2.31. The predicted octanol–water partition coefficient (Wildman–Crippen LogP) is 1.86. The fraction of sp³-hybridized carbons (Fsp3) is 0.294. The molecule has 25 heavy (non-hydrogen) atoms. The number of aromatic amines is 2. The fourth-order valence-electron chi connectivity index (χ4n) is 2.47. The van der Waals surface area contributed by atoms with Gasteiger partial charge in [-0.2, -0.15) is 4.98 Å². The Labute approximate surface area is 143 Å². The van der Waals surface area contributed by atoms with Crippen molar-refractivity contribution in [1.82, 2.24) is 19.9 Å². The van der Waals surface area contributed by atoms with Gasteiger partial charge in [0.1, 0.15) is 5.75 Å². The first-order valence-corrected chi connectivity index (χ1v) is 7.80. The van der Waals surface area contributed by atoms with E-state index in [4.69, 9.17) is 4.74 Å². The van der Waals surface area contributed by atoms with Crippen LogP contribution in [0.1, 0.15) is 20.8 Å². The van der Waals surface area contributed by atoms with E-state index in [-0.39, 0.29) is 35.2 Å². The maximum atomic E-state index is 12.8. The summed E-state index contributed by atoms with van der Waals surface area (Å²) in [7, 11) is 0. The van der Waals surface area contributed by atoms with Gasteiger partial charge in [0.15, 0.2) is 17.8 Å². The van der Waals surface area contributed by atoms with Gasteiger partial charge in [-0.15, -0.1) is 0 Å². The highest BCUT2D eigenvalue weighted by atomic mass is 16.5. The van der Waals surface area contributed by atoms with Crippen LogP contribution in [-0.2, 0) is 4.79 Å². The molecule has 0 aliphatic heterocycles. The maximum absolute atomic E-state index is 12.8. The monoisotopic (exact) mass is 341 g/mol. The number of fused-ring (bicyclic) bond motifs is 1. The molecule has 0 fully saturated rings. The van der Waals surface area contributed by atoms with E-state index in [0.29, 0.717) is 5.75 Å². The van der Waals surface area contributed by atoms with Crippen molar-refractivity contribution in [2.45, 2.75) is 26.3 Å². The van der Waals surface area contributed by atoms with Gasteiger partial charge in [0.2, 0.25) is 5.95 Å². The first kappa shape index (κ1) is 16.7. The average molecular weight is 341 g/mol. The SMILES string of the molecule is CC(C)(C)N(C(=O)COc1ccccc1)c1nc2nc[nH]c2c(=O)[nH]1. The molecule has 8 nitrogen and oxygen atoms in total. The second kappa shape index (κ2) is 6.39. The van der Waals surface area contributed by atoms with Crippen LogP contribution >= 0.6 is 0 Å². The molecular formula is C17H19N5O3. The molecular weight excluding hydrogens is 322 g/mol. The van der Waals surface area contributed by atoms with Gasteiger partial charge in [-0.05, 0) is 32.9 Å². The van der Waals surface area contributed by atoms with Crippen molar-refractivity contribution in [3.63, 3.8) is 0 Å². The molecule has 130 valence electrons. The lowest BCUT2D eigenvalue weighted by Gasteiger charge is -2.33. The smallest absolute Gasteiger partial charge is 0.278 e. The Bertz CT molecular complexity index is 940. The van der Waals surface area contributed by atoms with Gasteiger partial charge < -0.3 is 9.72 Å². The number of carbonyl (C=O) groups excluding carboxylic acids is 1. The highest BCUT2D eigenvalue weighted by Crippen LogP contribution is 2.21. The number of carbonyl (C=O) groups is 1. The Morgan fingerprint density at radius 3 is 2.64 bits per heavy atom. The van der Waals surface area contributed by atoms with E-state index in [2.05, 4.69) is 19.9 Å². The van der Waals surface area contributed by atoms with Crippen LogP contribution in [-0.4, -0.2) is 38.0 Å². The molecule has 3 rings (SSSR count). The molecule has 1 aromatic carbocycles. The van der Waals surface area contributed by atoms with Crippen LogP contribution in [0.4, 0.5) is 5.95 Å². The summed E-state index contributed by atoms with van der Waals surface area (Å²) >= 11 is 0. The van der Waals surface area contributed by atoms with Gasteiger partial charge in [0.25, 0.3) is 11.5 Å². The first-order valence-electron chi connectivity index (χ1n) is 7.80. The summed E-state index contributed by atoms with van der Waals surface area (Å²) in [6.07, 6.45) is 1.39. The summed E-state index contributed by atoms with van der Waals surface area (Å²) in [5.41, 5.74) is -0.476. The van der Waals surface area contributed by atoms with E-state index in [0.717, 1.165) is 0 Å². The topological polar surface area (TPSA) is 104 Å². The molecule has 8 heteroatoms. The van der Waals surface area contributed by atoms with Crippen LogP contribution < -0.4 is 15.2 Å². The van der Waals surface area contributed by atoms with Crippen LogP contribution in [0, 0.1) is 0 Å². The number of ether oxygens (including phenoxy) is 1. The molecule has 0 atom stereocenters. The molecule has 2 N–H and O–H groups in total. The van der Waals surface area contributed by atoms with Crippen LogP contribution in [0.3, 0.4) is 0 Å². The number of H-pyrrole nitrogens is 2. The van der Waals surface area contributed by atoms with Crippen molar-refractivity contribution in [2.75, 3.05) is 11.5 Å². The van der Waals surface area contributed by atoms with E-state index in [1.54, 1.807) is 12.1 Å². The minimum Gasteiger partial charge on any atom is -0.484 e. The highest BCUT2D eigenvalue weighted by molar-refractivity contribution is 5.94. The Hall–Kier alpha value is -3.16. The molecule has 3 aromatic rings. The molecule has 0 aliphatic carbocycles. The average Bonchev–Trinajstić information content (AvgIpc) is 3.02. The van der Waals surface area contributed by atoms with Crippen LogP contribution in [0.25, 0.3) is 11.2 Å². The molecule has 0 bridgehead atoms. The summed E-state index contributed by atoms with van der Waals surface area (Å²) in [6.45, 7) is 5.37. The summed E-state index contributed by atoms with van der Waals surface area (Å²) in [5, 5.41) is 0. The van der Waals surface area contributed by atoms with Crippen molar-refractivity contribution < 1.29 is 9.53 Å². The van der Waals surface area contributed by atoms with Crippen molar-refractivity contribution in [3.05, 3.63) is 47.0 Å². The number of hydrogen-bond acceptors (Lipinski definition) is 5. The van der Waals surface area contributed by atoms with Gasteiger partial charge in [-0.25, -0.2) is 4.98 Å². The van der Waals surface area contributed by atoms with E-state index >= 15 is 0 Å². The minimum atomic E-state index is -0.614. The zero-order valence-electron chi connectivity index (χ0n) is 14.2. The van der Waals surface area contributed by atoms with Crippen LogP contribution in [0.5, 0.6) is 5.75 Å². The number of aromatic nitrogens is 4. The second-order valence-electron chi connectivity index (χ2n) is 6.49. The number of para-hydroxylation sites is 1. The standard InChI is InChI=1S/C17H19N5O3/c1-17(2,3)22(12(23)9-25-11-7-5-4-6-8-11)16-20-14-13(15(24)21-16)18-10-19-14/h4-8,10H,9H2,1-3H3,(H2,18,19,20,21,24). The van der Waals surface area contributed by atoms with Gasteiger partial charge in [0.05, 0.1) is 6.33 Å². The van der Waals surface area contributed by atoms with Gasteiger partial charge in [-0.3, -0.25) is 19.5 Å². The van der Waals surface area contributed by atoms with Gasteiger partial charge in [-0.1, -0.05) is 18.2 Å². The fourth-order valence-corrected chi connectivity index (χ4v) is 2.47. The van der Waals surface area contributed by atoms with E-state index < -0.39 is 5.54 Å². The number of rotatable bonds is 4. The zero-order chi connectivity index (χ0) is 18.0. The molecule has 2 aromatic heterocycles. The first-order chi connectivity index (χ1) is 11.9. The number of anilines is 1. The molecule has 0 spiro atoms. The molecule has 0 saturated carbocycles. The minimum absolute atomic E-state index is 0.138. The van der Waals surface area contributed by atoms with Crippen molar-refractivity contribution in [1.29, 1.82) is 0 Å². The Kier molecular flexibility index (Phi) is 4.26. The summed E-state index contributed by atoms with van der Waals surface area (Å²) < 4.78 is 5.54. The third-order valence-corrected chi connectivity index (χ3v) is 3.52. The van der Waals surface area contributed by atoms with Crippen LogP contribution in [0.15, 0.2) is 41.5 Å². The van der Waals surface area contributed by atoms with Crippen molar-refractivity contribution in [3.8, 4) is 5.75 Å². The van der Waals surface area contributed by atoms with E-state index in [1.165, 1.54) is 11.2 Å². The molecule has 0 unspecified atom stereocenters. The second-order valence-corrected chi connectivity index (χ2v) is 6.49. The predicted molar refractivity (Wildman–Crippen MR) is 93.7 cm³/mol. The maximum Gasteiger partial charge on any atom is 0.278 e. The quantitative estimate of drug-likeness (QED) is 0.754. The number of nitrogens with one attached hydrogen (secondary N) is 2. The van der Waals surface area contributed by atoms with Crippen molar-refractivity contribution >= 4 is 23.0 Å². The third-order valence-electron chi connectivity index (χ3n) is 3.52. The molecule has 2 heterocycles. The van der Waals surface area contributed by atoms with E-state index in [1.807, 2.05) is 39.0 Å². The number of imidazole rings is 1. The van der Waals surface area contributed by atoms with E-state index in [9.17, 15) is 9.59 Å².